The number of hydrogen-bond acceptors (Lipinski definition) is 6. The first-order valence-corrected chi connectivity index (χ1v) is 13.2. The van der Waals surface area contributed by atoms with Gasteiger partial charge in [-0.1, -0.05) is 26.8 Å². The summed E-state index contributed by atoms with van der Waals surface area (Å²) in [4.78, 5) is 23.9. The van der Waals surface area contributed by atoms with E-state index in [4.69, 9.17) is 4.74 Å². The minimum atomic E-state index is -4.10. The number of sulfonamides is 1. The van der Waals surface area contributed by atoms with E-state index >= 15 is 0 Å². The Bertz CT molecular complexity index is 1420. The second-order valence-electron chi connectivity index (χ2n) is 8.44. The van der Waals surface area contributed by atoms with Crippen LogP contribution in [0, 0.1) is 18.7 Å². The lowest BCUT2D eigenvalue weighted by atomic mass is 10.1. The van der Waals surface area contributed by atoms with Gasteiger partial charge in [-0.05, 0) is 56.2 Å². The Morgan fingerprint density at radius 1 is 1.19 bits per heavy atom. The van der Waals surface area contributed by atoms with E-state index in [1.807, 2.05) is 6.92 Å². The van der Waals surface area contributed by atoms with E-state index in [9.17, 15) is 27.5 Å². The smallest absolute Gasteiger partial charge is 0.356 e. The summed E-state index contributed by atoms with van der Waals surface area (Å²) in [7, 11) is -4.10. The third-order valence-corrected chi connectivity index (χ3v) is 7.12. The molecule has 198 valence electrons. The zero-order chi connectivity index (χ0) is 27.3. The Hall–Kier alpha value is -3.77. The number of aromatic carboxylic acids is 1. The number of carbonyl (C=O) groups is 2. The van der Waals surface area contributed by atoms with Gasteiger partial charge in [0.2, 0.25) is 21.8 Å². The van der Waals surface area contributed by atoms with E-state index in [1.165, 1.54) is 43.3 Å². The molecular weight excluding hydrogens is 503 g/mol. The molecule has 2 aromatic carbocycles. The first-order valence-electron chi connectivity index (χ1n) is 11.7. The summed E-state index contributed by atoms with van der Waals surface area (Å²) in [5.74, 6) is -2.71. The minimum Gasteiger partial charge on any atom is -0.476 e. The van der Waals surface area contributed by atoms with Crippen LogP contribution in [0.2, 0.25) is 0 Å². The maximum atomic E-state index is 13.9. The summed E-state index contributed by atoms with van der Waals surface area (Å²) in [5, 5.41) is 16.3. The second-order valence-corrected chi connectivity index (χ2v) is 10.2. The summed E-state index contributed by atoms with van der Waals surface area (Å²) in [6, 6.07) is 9.38. The molecule has 1 amide bonds. The number of amides is 1. The molecule has 0 unspecified atom stereocenters. The molecule has 3 aromatic rings. The van der Waals surface area contributed by atoms with Crippen molar-refractivity contribution in [3.63, 3.8) is 0 Å². The molecule has 0 saturated carbocycles. The molecule has 3 rings (SSSR count). The van der Waals surface area contributed by atoms with Crippen LogP contribution in [0.4, 0.5) is 10.1 Å². The predicted molar refractivity (Wildman–Crippen MR) is 135 cm³/mol. The van der Waals surface area contributed by atoms with Crippen LogP contribution in [0.5, 0.6) is 11.6 Å². The number of carbonyl (C=O) groups excluding carboxylic acids is 1. The molecule has 0 aliphatic carbocycles. The van der Waals surface area contributed by atoms with Crippen molar-refractivity contribution >= 4 is 27.6 Å². The fraction of sp³-hybridized carbons (Fsp3) is 0.320. The van der Waals surface area contributed by atoms with Crippen LogP contribution >= 0.6 is 0 Å². The molecule has 0 radical (unpaired) electrons. The molecule has 0 spiro atoms. The number of nitrogens with one attached hydrogen (secondary N) is 2. The van der Waals surface area contributed by atoms with Crippen molar-refractivity contribution in [3.05, 3.63) is 59.5 Å². The fourth-order valence-corrected chi connectivity index (χ4v) is 4.62. The highest BCUT2D eigenvalue weighted by atomic mass is 32.2. The highest BCUT2D eigenvalue weighted by Gasteiger charge is 2.26. The van der Waals surface area contributed by atoms with Crippen molar-refractivity contribution < 1.29 is 32.2 Å². The Morgan fingerprint density at radius 3 is 2.54 bits per heavy atom. The molecule has 1 atom stereocenters. The van der Waals surface area contributed by atoms with Crippen LogP contribution in [-0.2, 0) is 14.8 Å². The van der Waals surface area contributed by atoms with Gasteiger partial charge in [-0.25, -0.2) is 22.3 Å². The number of ether oxygens (including phenoxy) is 1. The number of carboxylic acid groups (broad SMARTS) is 1. The van der Waals surface area contributed by atoms with Crippen LogP contribution in [0.15, 0.2) is 47.4 Å². The quantitative estimate of drug-likeness (QED) is 0.331. The van der Waals surface area contributed by atoms with Gasteiger partial charge in [0.05, 0.1) is 5.69 Å². The van der Waals surface area contributed by atoms with E-state index in [1.54, 1.807) is 13.8 Å². The van der Waals surface area contributed by atoms with E-state index in [-0.39, 0.29) is 57.5 Å². The summed E-state index contributed by atoms with van der Waals surface area (Å²) >= 11 is 0. The van der Waals surface area contributed by atoms with E-state index in [0.29, 0.717) is 12.8 Å². The third-order valence-electron chi connectivity index (χ3n) is 5.63. The van der Waals surface area contributed by atoms with E-state index < -0.39 is 21.8 Å². The topological polar surface area (TPSA) is 140 Å². The van der Waals surface area contributed by atoms with Crippen LogP contribution in [-0.4, -0.2) is 41.7 Å². The average Bonchev–Trinajstić information content (AvgIpc) is 3.19. The van der Waals surface area contributed by atoms with Crippen molar-refractivity contribution in [1.82, 2.24) is 14.5 Å². The van der Waals surface area contributed by atoms with Crippen LogP contribution in [0.3, 0.4) is 0 Å². The standard InChI is InChI=1S/C25H29FN4O6S/c1-5-12-27-37(34,35)21-14-18(28-23(31)15(3)6-2)10-11-20(21)36-24-16(4)22(25(32)33)29-30(24)19-9-7-8-17(26)13-19/h7-11,13-15,27H,5-6,12H2,1-4H3,(H,28,31)(H,32,33)/t15-/m1/s1. The first-order chi connectivity index (χ1) is 17.5. The van der Waals surface area contributed by atoms with Crippen molar-refractivity contribution in [2.24, 2.45) is 5.92 Å². The number of anilines is 1. The zero-order valence-electron chi connectivity index (χ0n) is 20.9. The molecular formula is C25H29FN4O6S. The normalized spacial score (nSPS) is 12.2. The van der Waals surface area contributed by atoms with Crippen LogP contribution in [0.1, 0.15) is 49.7 Å². The number of benzene rings is 2. The number of halogens is 1. The number of carboxylic acids is 1. The Morgan fingerprint density at radius 2 is 1.92 bits per heavy atom. The third kappa shape index (κ3) is 6.33. The first kappa shape index (κ1) is 27.8. The zero-order valence-corrected chi connectivity index (χ0v) is 21.7. The number of hydrogen-bond donors (Lipinski definition) is 3. The summed E-state index contributed by atoms with van der Waals surface area (Å²) < 4.78 is 49.8. The average molecular weight is 533 g/mol. The molecule has 0 bridgehead atoms. The summed E-state index contributed by atoms with van der Waals surface area (Å²) in [6.45, 7) is 7.03. The molecule has 1 heterocycles. The molecule has 0 saturated heterocycles. The van der Waals surface area contributed by atoms with Crippen molar-refractivity contribution in [1.29, 1.82) is 0 Å². The molecule has 37 heavy (non-hydrogen) atoms. The van der Waals surface area contributed by atoms with Crippen molar-refractivity contribution in [2.75, 3.05) is 11.9 Å². The SMILES string of the molecule is CCCNS(=O)(=O)c1cc(NC(=O)[C@H](C)CC)ccc1Oc1c(C)c(C(=O)O)nn1-c1cccc(F)c1. The summed E-state index contributed by atoms with van der Waals surface area (Å²) in [6.07, 6.45) is 1.14. The van der Waals surface area contributed by atoms with Gasteiger partial charge in [0.25, 0.3) is 0 Å². The predicted octanol–water partition coefficient (Wildman–Crippen LogP) is 4.48. The number of aromatic nitrogens is 2. The van der Waals surface area contributed by atoms with E-state index in [0.717, 1.165) is 10.7 Å². The van der Waals surface area contributed by atoms with Gasteiger partial charge in [-0.2, -0.15) is 9.78 Å². The van der Waals surface area contributed by atoms with Crippen molar-refractivity contribution in [3.8, 4) is 17.3 Å². The molecule has 0 aliphatic heterocycles. The van der Waals surface area contributed by atoms with Gasteiger partial charge in [-0.3, -0.25) is 4.79 Å². The fourth-order valence-electron chi connectivity index (χ4n) is 3.34. The second kappa shape index (κ2) is 11.5. The maximum absolute atomic E-state index is 13.9. The lowest BCUT2D eigenvalue weighted by Crippen LogP contribution is -2.25. The van der Waals surface area contributed by atoms with Gasteiger partial charge in [-0.15, -0.1) is 0 Å². The van der Waals surface area contributed by atoms with Gasteiger partial charge < -0.3 is 15.2 Å². The molecule has 3 N–H and O–H groups in total. The molecule has 0 fully saturated rings. The van der Waals surface area contributed by atoms with Gasteiger partial charge >= 0.3 is 5.97 Å². The van der Waals surface area contributed by atoms with Gasteiger partial charge in [0.1, 0.15) is 16.5 Å². The Kier molecular flexibility index (Phi) is 8.66. The van der Waals surface area contributed by atoms with Crippen LogP contribution in [0.25, 0.3) is 5.69 Å². The van der Waals surface area contributed by atoms with Gasteiger partial charge in [0.15, 0.2) is 5.69 Å². The van der Waals surface area contributed by atoms with Gasteiger partial charge in [0, 0.05) is 23.7 Å². The Balaban J connectivity index is 2.15. The molecule has 10 nitrogen and oxygen atoms in total. The number of rotatable bonds is 11. The van der Waals surface area contributed by atoms with Crippen LogP contribution < -0.4 is 14.8 Å². The summed E-state index contributed by atoms with van der Waals surface area (Å²) in [5.41, 5.74) is 0.189. The molecule has 0 aliphatic rings. The molecule has 1 aromatic heterocycles. The maximum Gasteiger partial charge on any atom is 0.356 e. The lowest BCUT2D eigenvalue weighted by Gasteiger charge is -2.16. The minimum absolute atomic E-state index is 0.105. The highest BCUT2D eigenvalue weighted by Crippen LogP contribution is 2.35. The lowest BCUT2D eigenvalue weighted by molar-refractivity contribution is -0.119. The van der Waals surface area contributed by atoms with E-state index in [2.05, 4.69) is 15.1 Å². The number of nitrogens with zero attached hydrogens (tertiary/aromatic N) is 2. The monoisotopic (exact) mass is 532 g/mol. The highest BCUT2D eigenvalue weighted by molar-refractivity contribution is 7.89. The van der Waals surface area contributed by atoms with Crippen molar-refractivity contribution in [2.45, 2.75) is 45.4 Å². The largest absolute Gasteiger partial charge is 0.476 e. The Labute approximate surface area is 214 Å². The molecule has 12 heteroatoms.